The highest BCUT2D eigenvalue weighted by molar-refractivity contribution is 5.80. The molecule has 0 N–H and O–H groups in total. The van der Waals surface area contributed by atoms with Gasteiger partial charge in [0, 0.05) is 51.2 Å². The Morgan fingerprint density at radius 3 is 2.54 bits per heavy atom. The van der Waals surface area contributed by atoms with Gasteiger partial charge in [-0.05, 0) is 30.0 Å². The van der Waals surface area contributed by atoms with E-state index in [9.17, 15) is 4.79 Å². The third-order valence-corrected chi connectivity index (χ3v) is 5.56. The lowest BCUT2D eigenvalue weighted by Crippen LogP contribution is -2.41. The molecule has 28 heavy (non-hydrogen) atoms. The molecule has 0 unspecified atom stereocenters. The number of ether oxygens (including phenoxy) is 1. The van der Waals surface area contributed by atoms with E-state index in [0.717, 1.165) is 43.9 Å². The molecule has 1 amide bonds. The number of methoxy groups -OCH3 is 1. The minimum atomic E-state index is 0.212. The summed E-state index contributed by atoms with van der Waals surface area (Å²) in [7, 11) is 1.74. The second-order valence-corrected chi connectivity index (χ2v) is 7.35. The van der Waals surface area contributed by atoms with Gasteiger partial charge in [-0.2, -0.15) is 0 Å². The van der Waals surface area contributed by atoms with Gasteiger partial charge in [0.15, 0.2) is 5.82 Å². The number of rotatable bonds is 5. The summed E-state index contributed by atoms with van der Waals surface area (Å²) in [5, 5.41) is 0. The molecule has 2 aliphatic heterocycles. The molecule has 1 aromatic heterocycles. The average Bonchev–Trinajstić information content (AvgIpc) is 3.22. The van der Waals surface area contributed by atoms with Crippen molar-refractivity contribution in [3.63, 3.8) is 0 Å². The molecule has 6 heteroatoms. The molecular formula is C22H26N4O2. The van der Waals surface area contributed by atoms with E-state index in [-0.39, 0.29) is 12.0 Å². The zero-order valence-electron chi connectivity index (χ0n) is 16.3. The Morgan fingerprint density at radius 1 is 1.14 bits per heavy atom. The number of aromatic nitrogens is 2. The SMILES string of the molecule is CO[C@H]1CCN(CC(=O)N2CC=C(c3ccc(-c4ncccn4)cc3)CC2)C1. The Kier molecular flexibility index (Phi) is 5.78. The smallest absolute Gasteiger partial charge is 0.237 e. The van der Waals surface area contributed by atoms with Crippen molar-refractivity contribution in [3.05, 3.63) is 54.4 Å². The lowest BCUT2D eigenvalue weighted by atomic mass is 9.98. The average molecular weight is 378 g/mol. The van der Waals surface area contributed by atoms with Crippen molar-refractivity contribution < 1.29 is 9.53 Å². The van der Waals surface area contributed by atoms with Gasteiger partial charge in [0.25, 0.3) is 0 Å². The molecule has 2 aromatic rings. The molecule has 6 nitrogen and oxygen atoms in total. The van der Waals surface area contributed by atoms with E-state index in [1.165, 1.54) is 11.1 Å². The predicted molar refractivity (Wildman–Crippen MR) is 108 cm³/mol. The van der Waals surface area contributed by atoms with Crippen molar-refractivity contribution in [1.82, 2.24) is 19.8 Å². The second-order valence-electron chi connectivity index (χ2n) is 7.35. The molecule has 0 bridgehead atoms. The van der Waals surface area contributed by atoms with Gasteiger partial charge in [-0.15, -0.1) is 0 Å². The summed E-state index contributed by atoms with van der Waals surface area (Å²) in [4.78, 5) is 25.3. The first-order valence-electron chi connectivity index (χ1n) is 9.82. The van der Waals surface area contributed by atoms with Crippen LogP contribution in [0.5, 0.6) is 0 Å². The minimum Gasteiger partial charge on any atom is -0.380 e. The van der Waals surface area contributed by atoms with E-state index in [1.54, 1.807) is 19.5 Å². The van der Waals surface area contributed by atoms with Crippen LogP contribution in [0.2, 0.25) is 0 Å². The highest BCUT2D eigenvalue weighted by Crippen LogP contribution is 2.25. The summed E-state index contributed by atoms with van der Waals surface area (Å²) in [5.74, 6) is 0.949. The summed E-state index contributed by atoms with van der Waals surface area (Å²) >= 11 is 0. The normalized spacial score (nSPS) is 20.2. The number of carbonyl (C=O) groups is 1. The van der Waals surface area contributed by atoms with Crippen LogP contribution in [0.1, 0.15) is 18.4 Å². The number of hydrogen-bond donors (Lipinski definition) is 0. The summed E-state index contributed by atoms with van der Waals surface area (Å²) < 4.78 is 5.38. The maximum atomic E-state index is 12.6. The molecule has 0 radical (unpaired) electrons. The minimum absolute atomic E-state index is 0.212. The van der Waals surface area contributed by atoms with Crippen LogP contribution in [0.25, 0.3) is 17.0 Å². The van der Waals surface area contributed by atoms with Crippen molar-refractivity contribution in [2.45, 2.75) is 18.9 Å². The van der Waals surface area contributed by atoms with Crippen LogP contribution in [0, 0.1) is 0 Å². The molecule has 0 saturated carbocycles. The zero-order chi connectivity index (χ0) is 19.3. The molecule has 1 aromatic carbocycles. The molecular weight excluding hydrogens is 352 g/mol. The second kappa shape index (κ2) is 8.63. The van der Waals surface area contributed by atoms with Gasteiger partial charge in [-0.25, -0.2) is 9.97 Å². The van der Waals surface area contributed by atoms with Crippen LogP contribution in [0.15, 0.2) is 48.8 Å². The van der Waals surface area contributed by atoms with Gasteiger partial charge in [-0.1, -0.05) is 30.3 Å². The van der Waals surface area contributed by atoms with Crippen molar-refractivity contribution in [1.29, 1.82) is 0 Å². The van der Waals surface area contributed by atoms with E-state index in [2.05, 4.69) is 45.2 Å². The van der Waals surface area contributed by atoms with Crippen LogP contribution in [-0.2, 0) is 9.53 Å². The predicted octanol–water partition coefficient (Wildman–Crippen LogP) is 2.48. The topological polar surface area (TPSA) is 58.6 Å². The van der Waals surface area contributed by atoms with Crippen LogP contribution >= 0.6 is 0 Å². The molecule has 2 aliphatic rings. The Bertz CT molecular complexity index is 835. The van der Waals surface area contributed by atoms with Crippen molar-refractivity contribution in [2.24, 2.45) is 0 Å². The maximum absolute atomic E-state index is 12.6. The van der Waals surface area contributed by atoms with Gasteiger partial charge < -0.3 is 9.64 Å². The monoisotopic (exact) mass is 378 g/mol. The van der Waals surface area contributed by atoms with Gasteiger partial charge >= 0.3 is 0 Å². The number of hydrogen-bond acceptors (Lipinski definition) is 5. The molecule has 1 atom stereocenters. The summed E-state index contributed by atoms with van der Waals surface area (Å²) in [6.07, 6.45) is 7.85. The highest BCUT2D eigenvalue weighted by Gasteiger charge is 2.26. The molecule has 1 saturated heterocycles. The van der Waals surface area contributed by atoms with Crippen LogP contribution < -0.4 is 0 Å². The molecule has 0 aliphatic carbocycles. The van der Waals surface area contributed by atoms with E-state index in [0.29, 0.717) is 13.1 Å². The third-order valence-electron chi connectivity index (χ3n) is 5.56. The lowest BCUT2D eigenvalue weighted by molar-refractivity contribution is -0.131. The molecule has 3 heterocycles. The number of benzene rings is 1. The van der Waals surface area contributed by atoms with E-state index < -0.39 is 0 Å². The first-order chi connectivity index (χ1) is 13.7. The van der Waals surface area contributed by atoms with Crippen LogP contribution in [0.4, 0.5) is 0 Å². The summed E-state index contributed by atoms with van der Waals surface area (Å²) in [6, 6.07) is 10.2. The fraction of sp³-hybridized carbons (Fsp3) is 0.409. The first kappa shape index (κ1) is 18.8. The third kappa shape index (κ3) is 4.29. The standard InChI is InChI=1S/C22H26N4O2/c1-28-20-9-12-25(15-20)16-21(27)26-13-7-18(8-14-26)17-3-5-19(6-4-17)22-23-10-2-11-24-22/h2-7,10-11,20H,8-9,12-16H2,1H3/t20-/m0/s1. The highest BCUT2D eigenvalue weighted by atomic mass is 16.5. The maximum Gasteiger partial charge on any atom is 0.237 e. The van der Waals surface area contributed by atoms with Crippen LogP contribution in [0.3, 0.4) is 0 Å². The van der Waals surface area contributed by atoms with E-state index >= 15 is 0 Å². The number of likely N-dealkylation sites (tertiary alicyclic amines) is 1. The van der Waals surface area contributed by atoms with E-state index in [1.807, 2.05) is 11.0 Å². The number of amides is 1. The number of nitrogens with zero attached hydrogens (tertiary/aromatic N) is 4. The van der Waals surface area contributed by atoms with Crippen LogP contribution in [-0.4, -0.2) is 71.6 Å². The van der Waals surface area contributed by atoms with Crippen molar-refractivity contribution in [3.8, 4) is 11.4 Å². The molecule has 1 fully saturated rings. The Hall–Kier alpha value is -2.57. The fourth-order valence-corrected chi connectivity index (χ4v) is 3.86. The largest absolute Gasteiger partial charge is 0.380 e. The van der Waals surface area contributed by atoms with Gasteiger partial charge in [0.1, 0.15) is 0 Å². The van der Waals surface area contributed by atoms with E-state index in [4.69, 9.17) is 4.74 Å². The molecule has 0 spiro atoms. The Balaban J connectivity index is 1.34. The Labute approximate surface area is 165 Å². The lowest BCUT2D eigenvalue weighted by Gasteiger charge is -2.28. The summed E-state index contributed by atoms with van der Waals surface area (Å²) in [6.45, 7) is 3.75. The van der Waals surface area contributed by atoms with Crippen molar-refractivity contribution in [2.75, 3.05) is 39.8 Å². The molecule has 146 valence electrons. The van der Waals surface area contributed by atoms with Crippen molar-refractivity contribution >= 4 is 11.5 Å². The summed E-state index contributed by atoms with van der Waals surface area (Å²) in [5.41, 5.74) is 3.51. The van der Waals surface area contributed by atoms with Gasteiger partial charge in [-0.3, -0.25) is 9.69 Å². The first-order valence-corrected chi connectivity index (χ1v) is 9.82. The number of carbonyl (C=O) groups excluding carboxylic acids is 1. The molecule has 4 rings (SSSR count). The van der Waals surface area contributed by atoms with Gasteiger partial charge in [0.05, 0.1) is 12.6 Å². The Morgan fingerprint density at radius 2 is 1.89 bits per heavy atom. The fourth-order valence-electron chi connectivity index (χ4n) is 3.86. The van der Waals surface area contributed by atoms with Gasteiger partial charge in [0.2, 0.25) is 5.91 Å². The quantitative estimate of drug-likeness (QED) is 0.800. The zero-order valence-corrected chi connectivity index (χ0v) is 16.3.